The molecule has 452 valence electrons. The summed E-state index contributed by atoms with van der Waals surface area (Å²) in [7, 11) is 1.36. The van der Waals surface area contributed by atoms with E-state index in [1.807, 2.05) is 19.9 Å². The monoisotopic (exact) mass is 1160 g/mol. The zero-order valence-corrected chi connectivity index (χ0v) is 48.6. The molecule has 2 aliphatic rings. The van der Waals surface area contributed by atoms with Gasteiger partial charge in [0.15, 0.2) is 23.8 Å². The Morgan fingerprint density at radius 2 is 1.60 bits per heavy atom. The van der Waals surface area contributed by atoms with Crippen LogP contribution in [0.2, 0.25) is 0 Å². The number of ether oxygens (including phenoxy) is 5. The van der Waals surface area contributed by atoms with E-state index in [1.165, 1.54) is 31.4 Å². The maximum atomic E-state index is 13.9. The quantitative estimate of drug-likeness (QED) is 0.0104. The van der Waals surface area contributed by atoms with E-state index in [1.54, 1.807) is 77.1 Å². The number of imide groups is 1. The van der Waals surface area contributed by atoms with E-state index in [0.717, 1.165) is 16.0 Å². The van der Waals surface area contributed by atoms with Crippen LogP contribution in [0.4, 0.5) is 15.3 Å². The van der Waals surface area contributed by atoms with Crippen molar-refractivity contribution >= 4 is 64.0 Å². The van der Waals surface area contributed by atoms with Crippen molar-refractivity contribution in [2.75, 3.05) is 25.5 Å². The number of aromatic hydroxyl groups is 1. The van der Waals surface area contributed by atoms with Crippen molar-refractivity contribution in [1.82, 2.24) is 15.5 Å². The Kier molecular flexibility index (Phi) is 22.5. The third-order valence-electron chi connectivity index (χ3n) is 14.5. The van der Waals surface area contributed by atoms with Crippen molar-refractivity contribution in [2.45, 2.75) is 149 Å². The van der Waals surface area contributed by atoms with Gasteiger partial charge in [-0.05, 0) is 126 Å². The lowest BCUT2D eigenvalue weighted by atomic mass is 9.89. The summed E-state index contributed by atoms with van der Waals surface area (Å²) in [5, 5.41) is 31.0. The van der Waals surface area contributed by atoms with Crippen molar-refractivity contribution in [3.8, 4) is 17.2 Å². The summed E-state index contributed by atoms with van der Waals surface area (Å²) < 4.78 is 34.7. The number of primary amides is 2. The van der Waals surface area contributed by atoms with Crippen molar-refractivity contribution < 1.29 is 76.7 Å². The molecule has 1 aromatic heterocycles. The number of unbranched alkanes of at least 4 members (excludes halogenated alkanes) is 2. The Labute approximate surface area is 486 Å². The Balaban J connectivity index is 1.08. The van der Waals surface area contributed by atoms with Gasteiger partial charge in [-0.15, -0.1) is 0 Å². The first-order chi connectivity index (χ1) is 39.8. The van der Waals surface area contributed by atoms with Crippen molar-refractivity contribution in [1.29, 1.82) is 0 Å². The maximum absolute atomic E-state index is 13.9. The van der Waals surface area contributed by atoms with Gasteiger partial charge in [-0.3, -0.25) is 33.7 Å². The lowest BCUT2D eigenvalue weighted by Crippen LogP contribution is -2.65. The van der Waals surface area contributed by atoms with E-state index >= 15 is 0 Å². The highest BCUT2D eigenvalue weighted by molar-refractivity contribution is 6.12. The van der Waals surface area contributed by atoms with Gasteiger partial charge in [0.25, 0.3) is 11.8 Å². The third-order valence-corrected chi connectivity index (χ3v) is 14.5. The molecule has 7 amide bonds. The number of carbonyl (C=O) groups is 8. The van der Waals surface area contributed by atoms with Crippen molar-refractivity contribution in [3.63, 3.8) is 0 Å². The van der Waals surface area contributed by atoms with Gasteiger partial charge in [0, 0.05) is 74.3 Å². The fourth-order valence-corrected chi connectivity index (χ4v) is 9.98. The fraction of sp³-hybridized carbons (Fsp3) is 0.459. The number of anilines is 1. The number of aryl methyl sites for hydroxylation is 1. The molecule has 6 rings (SSSR count). The van der Waals surface area contributed by atoms with Gasteiger partial charge in [-0.25, -0.2) is 14.4 Å². The predicted octanol–water partition coefficient (Wildman–Crippen LogP) is 6.26. The van der Waals surface area contributed by atoms with Gasteiger partial charge in [-0.2, -0.15) is 0 Å². The summed E-state index contributed by atoms with van der Waals surface area (Å²) in [6.45, 7) is 12.8. The number of aliphatic hydroxyl groups excluding tert-OH is 1. The van der Waals surface area contributed by atoms with E-state index in [4.69, 9.17) is 39.6 Å². The highest BCUT2D eigenvalue weighted by Crippen LogP contribution is 2.38. The molecular formula is C61H76N6O17. The summed E-state index contributed by atoms with van der Waals surface area (Å²) in [6.07, 6.45) is 0.0716. The van der Waals surface area contributed by atoms with Gasteiger partial charge in [0.05, 0.1) is 22.6 Å². The van der Waals surface area contributed by atoms with Crippen LogP contribution in [0.3, 0.4) is 0 Å². The SMILES string of the molecule is CO[C@@H]1[C@@H](OC(N)=O)[C@@H](O)[C@H](Oc2ccc3c(O)c(CC(=O)c4ccc(OCc5ccc(NC(=O)[C@H](CCCNC(N)=O)CC(=O)[C@@H](NC(=O)CCCCCN6C(=O)C=CC6=O)C(C)C)cc5)c(CC=C(C)C)c4)c(=O)oc3c2C)OC1(C)C. The Morgan fingerprint density at radius 3 is 2.24 bits per heavy atom. The van der Waals surface area contributed by atoms with Gasteiger partial charge >= 0.3 is 17.7 Å². The fourth-order valence-electron chi connectivity index (χ4n) is 9.98. The number of nitrogens with one attached hydrogen (secondary N) is 3. The van der Waals surface area contributed by atoms with E-state index in [2.05, 4.69) is 16.0 Å². The standard InChI is InChI=1S/C61H76N6O17/c1-33(2)15-18-38-29-37(43(68)31-42-51(73)41-22-24-45(35(5)53(41)82-57(42)76)81-58-52(74)54(83-60(63)78)55(79-8)61(6,7)84-58)19-23-46(38)80-32-36-16-20-40(21-17-36)65-56(75)39(13-12-27-64-59(62)77)30-44(69)50(34(3)4)66-47(70)14-10-9-11-28-67-48(71)25-26-49(67)72/h15-17,19-26,29,34,39,50,52,54-55,58,73-74H,9-14,18,27-28,30-32H2,1-8H3,(H2,63,78)(H,65,75)(H,66,70)(H3,62,64,77)/t39-,50+,52-,54+,55-,58-/m1/s1. The normalized spacial score (nSPS) is 18.0. The van der Waals surface area contributed by atoms with E-state index in [9.17, 15) is 53.4 Å². The molecule has 0 spiro atoms. The largest absolute Gasteiger partial charge is 0.507 e. The molecule has 23 heteroatoms. The predicted molar refractivity (Wildman–Crippen MR) is 308 cm³/mol. The number of amides is 7. The lowest BCUT2D eigenvalue weighted by Gasteiger charge is -2.47. The molecule has 9 N–H and O–H groups in total. The first-order valence-electron chi connectivity index (χ1n) is 27.8. The zero-order chi connectivity index (χ0) is 61.6. The number of fused-ring (bicyclic) bond motifs is 1. The molecule has 2 aliphatic heterocycles. The molecule has 3 aromatic carbocycles. The van der Waals surface area contributed by atoms with Crippen LogP contribution in [0.1, 0.15) is 119 Å². The Hall–Kier alpha value is -8.41. The van der Waals surface area contributed by atoms with Gasteiger partial charge < -0.3 is 65.7 Å². The molecule has 0 unspecified atom stereocenters. The summed E-state index contributed by atoms with van der Waals surface area (Å²) >= 11 is 0. The Morgan fingerprint density at radius 1 is 0.905 bits per heavy atom. The molecule has 1 fully saturated rings. The molecule has 0 radical (unpaired) electrons. The molecule has 6 atom stereocenters. The number of methoxy groups -OCH3 is 1. The minimum absolute atomic E-state index is 0.0456. The van der Waals surface area contributed by atoms with Crippen LogP contribution in [0, 0.1) is 18.8 Å². The van der Waals surface area contributed by atoms with Crippen LogP contribution < -0.4 is 42.5 Å². The van der Waals surface area contributed by atoms with E-state index < -0.39 is 83.8 Å². The summed E-state index contributed by atoms with van der Waals surface area (Å²) in [6, 6.07) is 13.1. The maximum Gasteiger partial charge on any atom is 0.404 e. The third kappa shape index (κ3) is 17.1. The molecule has 0 saturated carbocycles. The topological polar surface area (TPSA) is 345 Å². The second-order valence-corrected chi connectivity index (χ2v) is 22.0. The number of rotatable bonds is 29. The summed E-state index contributed by atoms with van der Waals surface area (Å²) in [5.41, 5.74) is 11.4. The zero-order valence-electron chi connectivity index (χ0n) is 48.6. The van der Waals surface area contributed by atoms with Crippen LogP contribution in [-0.4, -0.2) is 119 Å². The first kappa shape index (κ1) is 64.8. The number of hydrogen-bond donors (Lipinski definition) is 7. The first-order valence-corrected chi connectivity index (χ1v) is 27.8. The molecule has 84 heavy (non-hydrogen) atoms. The number of hydrogen-bond acceptors (Lipinski definition) is 17. The lowest BCUT2D eigenvalue weighted by molar-refractivity contribution is -0.304. The van der Waals surface area contributed by atoms with Crippen LogP contribution in [-0.2, 0) is 57.6 Å². The molecule has 4 aromatic rings. The number of Topliss-reactive ketones (excluding diaryl/α,β-unsaturated/α-hetero) is 2. The summed E-state index contributed by atoms with van der Waals surface area (Å²) in [4.78, 5) is 116. The van der Waals surface area contributed by atoms with Crippen LogP contribution in [0.15, 0.2) is 87.6 Å². The number of nitrogens with zero attached hydrogens (tertiary/aromatic N) is 1. The minimum atomic E-state index is -1.56. The number of benzene rings is 3. The molecule has 23 nitrogen and oxygen atoms in total. The number of nitrogens with two attached hydrogens (primary N) is 2. The van der Waals surface area contributed by atoms with Crippen LogP contribution >= 0.6 is 0 Å². The van der Waals surface area contributed by atoms with Gasteiger partial charge in [-0.1, -0.05) is 44.1 Å². The van der Waals surface area contributed by atoms with Crippen LogP contribution in [0.25, 0.3) is 11.0 Å². The average Bonchev–Trinajstić information content (AvgIpc) is 1.58. The minimum Gasteiger partial charge on any atom is -0.507 e. The Bertz CT molecular complexity index is 3200. The van der Waals surface area contributed by atoms with Crippen LogP contribution in [0.5, 0.6) is 17.2 Å². The summed E-state index contributed by atoms with van der Waals surface area (Å²) in [5.74, 6) is -3.34. The van der Waals surface area contributed by atoms with Crippen molar-refractivity contribution in [3.05, 3.63) is 117 Å². The highest BCUT2D eigenvalue weighted by Gasteiger charge is 2.53. The molecule has 0 aliphatic carbocycles. The van der Waals surface area contributed by atoms with Gasteiger partial charge in [0.2, 0.25) is 18.1 Å². The number of ketones is 2. The highest BCUT2D eigenvalue weighted by atomic mass is 16.7. The van der Waals surface area contributed by atoms with Gasteiger partial charge in [0.1, 0.15) is 35.5 Å². The number of urea groups is 1. The number of allylic oxidation sites excluding steroid dienone is 2. The molecule has 3 heterocycles. The van der Waals surface area contributed by atoms with E-state index in [0.29, 0.717) is 49.1 Å². The smallest absolute Gasteiger partial charge is 0.404 e. The number of aliphatic hydroxyl groups is 1. The second-order valence-electron chi connectivity index (χ2n) is 22.0. The molecular weight excluding hydrogens is 1090 g/mol. The average molecular weight is 1170 g/mol. The second kappa shape index (κ2) is 29.2. The molecule has 1 saturated heterocycles. The number of carbonyl (C=O) groups excluding carboxylic acids is 8. The van der Waals surface area contributed by atoms with Crippen molar-refractivity contribution in [2.24, 2.45) is 23.3 Å². The molecule has 0 bridgehead atoms. The van der Waals surface area contributed by atoms with E-state index in [-0.39, 0.29) is 102 Å².